The van der Waals surface area contributed by atoms with E-state index in [0.29, 0.717) is 0 Å². The predicted molar refractivity (Wildman–Crippen MR) is 37.1 cm³/mol. The highest BCUT2D eigenvalue weighted by Gasteiger charge is 1.86. The molecule has 0 aromatic carbocycles. The standard InChI is InChI=1S/C7H15O2/c1-2-9-7-5-3-4-6-8/h3,8H,2,4-7H2,1H3. The summed E-state index contributed by atoms with van der Waals surface area (Å²) in [5.41, 5.74) is 0. The molecule has 1 radical (unpaired) electrons. The van der Waals surface area contributed by atoms with Crippen molar-refractivity contribution in [1.82, 2.24) is 0 Å². The van der Waals surface area contributed by atoms with Gasteiger partial charge in [-0.15, -0.1) is 0 Å². The fourth-order valence-corrected chi connectivity index (χ4v) is 0.547. The Kier molecular flexibility index (Phi) is 7.85. The van der Waals surface area contributed by atoms with Gasteiger partial charge < -0.3 is 9.84 Å². The average molecular weight is 131 g/mol. The van der Waals surface area contributed by atoms with Gasteiger partial charge in [0.15, 0.2) is 0 Å². The van der Waals surface area contributed by atoms with E-state index >= 15 is 0 Å². The highest BCUT2D eigenvalue weighted by molar-refractivity contribution is 4.61. The molecule has 0 aromatic heterocycles. The van der Waals surface area contributed by atoms with Gasteiger partial charge in [-0.3, -0.25) is 0 Å². The Morgan fingerprint density at radius 1 is 1.44 bits per heavy atom. The van der Waals surface area contributed by atoms with Crippen molar-refractivity contribution in [3.05, 3.63) is 6.42 Å². The lowest BCUT2D eigenvalue weighted by molar-refractivity contribution is 0.149. The molecular weight excluding hydrogens is 116 g/mol. The van der Waals surface area contributed by atoms with Gasteiger partial charge in [0, 0.05) is 19.8 Å². The summed E-state index contributed by atoms with van der Waals surface area (Å²) in [5.74, 6) is 0. The van der Waals surface area contributed by atoms with Gasteiger partial charge in [0.25, 0.3) is 0 Å². The van der Waals surface area contributed by atoms with E-state index in [9.17, 15) is 0 Å². The van der Waals surface area contributed by atoms with E-state index in [1.165, 1.54) is 0 Å². The highest BCUT2D eigenvalue weighted by atomic mass is 16.5. The smallest absolute Gasteiger partial charge is 0.0468 e. The number of rotatable bonds is 6. The fourth-order valence-electron chi connectivity index (χ4n) is 0.547. The van der Waals surface area contributed by atoms with Crippen molar-refractivity contribution in [3.8, 4) is 0 Å². The van der Waals surface area contributed by atoms with Gasteiger partial charge in [0.2, 0.25) is 0 Å². The topological polar surface area (TPSA) is 29.5 Å². The zero-order valence-corrected chi connectivity index (χ0v) is 5.97. The number of hydrogen-bond acceptors (Lipinski definition) is 2. The SMILES string of the molecule is CCOCC[CH]CCO. The fraction of sp³-hybridized carbons (Fsp3) is 0.857. The summed E-state index contributed by atoms with van der Waals surface area (Å²) in [7, 11) is 0. The Morgan fingerprint density at radius 3 is 2.78 bits per heavy atom. The lowest BCUT2D eigenvalue weighted by atomic mass is 10.2. The molecule has 0 saturated carbocycles. The van der Waals surface area contributed by atoms with Crippen molar-refractivity contribution in [2.45, 2.75) is 19.8 Å². The summed E-state index contributed by atoms with van der Waals surface area (Å²) in [6, 6.07) is 0. The first-order chi connectivity index (χ1) is 4.41. The molecule has 0 unspecified atom stereocenters. The predicted octanol–water partition coefficient (Wildman–Crippen LogP) is 1.000. The van der Waals surface area contributed by atoms with Gasteiger partial charge in [-0.05, 0) is 26.2 Å². The molecule has 0 aliphatic heterocycles. The number of hydrogen-bond donors (Lipinski definition) is 1. The van der Waals surface area contributed by atoms with Crippen LogP contribution in [0.5, 0.6) is 0 Å². The third kappa shape index (κ3) is 7.92. The summed E-state index contributed by atoms with van der Waals surface area (Å²) in [4.78, 5) is 0. The van der Waals surface area contributed by atoms with Crippen molar-refractivity contribution in [2.24, 2.45) is 0 Å². The molecule has 55 valence electrons. The normalized spacial score (nSPS) is 10.0. The van der Waals surface area contributed by atoms with Crippen LogP contribution in [0.3, 0.4) is 0 Å². The molecule has 0 rings (SSSR count). The van der Waals surface area contributed by atoms with Crippen LogP contribution in [0.1, 0.15) is 19.8 Å². The van der Waals surface area contributed by atoms with E-state index in [1.807, 2.05) is 13.3 Å². The van der Waals surface area contributed by atoms with E-state index in [1.54, 1.807) is 0 Å². The van der Waals surface area contributed by atoms with E-state index in [-0.39, 0.29) is 6.61 Å². The summed E-state index contributed by atoms with van der Waals surface area (Å²) >= 11 is 0. The number of ether oxygens (including phenoxy) is 1. The molecule has 0 fully saturated rings. The zero-order chi connectivity index (χ0) is 6.95. The van der Waals surface area contributed by atoms with Crippen LogP contribution in [0.15, 0.2) is 0 Å². The first kappa shape index (κ1) is 8.92. The first-order valence-corrected chi connectivity index (χ1v) is 3.42. The van der Waals surface area contributed by atoms with Gasteiger partial charge in [-0.25, -0.2) is 0 Å². The highest BCUT2D eigenvalue weighted by Crippen LogP contribution is 1.91. The van der Waals surface area contributed by atoms with E-state index in [4.69, 9.17) is 9.84 Å². The molecular formula is C7H15O2. The average Bonchev–Trinajstić information content (AvgIpc) is 1.89. The van der Waals surface area contributed by atoms with Gasteiger partial charge in [-0.2, -0.15) is 0 Å². The summed E-state index contributed by atoms with van der Waals surface area (Å²) in [6.07, 6.45) is 3.77. The second kappa shape index (κ2) is 7.92. The van der Waals surface area contributed by atoms with Crippen LogP contribution in [0.25, 0.3) is 0 Å². The molecule has 0 saturated heterocycles. The molecule has 1 N–H and O–H groups in total. The quantitative estimate of drug-likeness (QED) is 0.545. The van der Waals surface area contributed by atoms with Gasteiger partial charge >= 0.3 is 0 Å². The van der Waals surface area contributed by atoms with Crippen LogP contribution in [0.2, 0.25) is 0 Å². The maximum Gasteiger partial charge on any atom is 0.0468 e. The summed E-state index contributed by atoms with van der Waals surface area (Å²) < 4.78 is 5.07. The minimum absolute atomic E-state index is 0.256. The van der Waals surface area contributed by atoms with Crippen molar-refractivity contribution < 1.29 is 9.84 Å². The molecule has 0 aliphatic carbocycles. The van der Waals surface area contributed by atoms with E-state index in [2.05, 4.69) is 0 Å². The summed E-state index contributed by atoms with van der Waals surface area (Å²) in [6.45, 7) is 3.81. The lowest BCUT2D eigenvalue weighted by Crippen LogP contribution is -1.94. The van der Waals surface area contributed by atoms with Crippen LogP contribution in [-0.4, -0.2) is 24.9 Å². The van der Waals surface area contributed by atoms with Crippen LogP contribution < -0.4 is 0 Å². The number of aliphatic hydroxyl groups is 1. The molecule has 2 nitrogen and oxygen atoms in total. The molecule has 0 aromatic rings. The maximum atomic E-state index is 8.35. The van der Waals surface area contributed by atoms with Crippen LogP contribution in [0, 0.1) is 6.42 Å². The van der Waals surface area contributed by atoms with Crippen molar-refractivity contribution in [1.29, 1.82) is 0 Å². The maximum absolute atomic E-state index is 8.35. The number of unbranched alkanes of at least 4 members (excludes halogenated alkanes) is 2. The molecule has 0 bridgehead atoms. The Bertz CT molecular complexity index is 40.2. The van der Waals surface area contributed by atoms with Gasteiger partial charge in [0.1, 0.15) is 0 Å². The van der Waals surface area contributed by atoms with Crippen LogP contribution >= 0.6 is 0 Å². The molecule has 0 heterocycles. The Morgan fingerprint density at radius 2 is 2.22 bits per heavy atom. The Hall–Kier alpha value is -0.0800. The second-order valence-electron chi connectivity index (χ2n) is 1.79. The van der Waals surface area contributed by atoms with Crippen molar-refractivity contribution in [3.63, 3.8) is 0 Å². The lowest BCUT2D eigenvalue weighted by Gasteiger charge is -1.97. The molecule has 0 spiro atoms. The van der Waals surface area contributed by atoms with Crippen LogP contribution in [0.4, 0.5) is 0 Å². The van der Waals surface area contributed by atoms with Crippen LogP contribution in [-0.2, 0) is 4.74 Å². The second-order valence-corrected chi connectivity index (χ2v) is 1.79. The minimum Gasteiger partial charge on any atom is -0.396 e. The number of aliphatic hydroxyl groups excluding tert-OH is 1. The van der Waals surface area contributed by atoms with Gasteiger partial charge in [-0.1, -0.05) is 0 Å². The van der Waals surface area contributed by atoms with Crippen molar-refractivity contribution >= 4 is 0 Å². The van der Waals surface area contributed by atoms with Gasteiger partial charge in [0.05, 0.1) is 0 Å². The third-order valence-corrected chi connectivity index (χ3v) is 1.00. The third-order valence-electron chi connectivity index (χ3n) is 1.00. The monoisotopic (exact) mass is 131 g/mol. The zero-order valence-electron chi connectivity index (χ0n) is 5.97. The first-order valence-electron chi connectivity index (χ1n) is 3.42. The molecule has 0 amide bonds. The van der Waals surface area contributed by atoms with E-state index < -0.39 is 0 Å². The molecule has 2 heteroatoms. The van der Waals surface area contributed by atoms with E-state index in [0.717, 1.165) is 26.1 Å². The van der Waals surface area contributed by atoms with Crippen molar-refractivity contribution in [2.75, 3.05) is 19.8 Å². The Balaban J connectivity index is 2.60. The minimum atomic E-state index is 0.256. The molecule has 0 aliphatic rings. The summed E-state index contributed by atoms with van der Waals surface area (Å²) in [5, 5.41) is 8.35. The Labute approximate surface area is 56.8 Å². The molecule has 0 atom stereocenters. The largest absolute Gasteiger partial charge is 0.396 e. The molecule has 9 heavy (non-hydrogen) atoms.